The van der Waals surface area contributed by atoms with Crippen molar-refractivity contribution in [3.63, 3.8) is 0 Å². The average molecular weight is 438 g/mol. The molecule has 0 bridgehead atoms. The summed E-state index contributed by atoms with van der Waals surface area (Å²) in [4.78, 5) is 17.4. The maximum absolute atomic E-state index is 10.8. The molecule has 2 saturated heterocycles. The number of phosphoric acid groups is 1. The fourth-order valence-electron chi connectivity index (χ4n) is 2.96. The third-order valence-electron chi connectivity index (χ3n) is 4.64. The topological polar surface area (TPSA) is 267 Å². The van der Waals surface area contributed by atoms with Crippen LogP contribution in [-0.2, 0) is 18.6 Å². The van der Waals surface area contributed by atoms with Crippen LogP contribution in [0.1, 0.15) is 0 Å². The zero-order valence-corrected chi connectivity index (χ0v) is 14.9. The van der Waals surface area contributed by atoms with Crippen LogP contribution in [0.3, 0.4) is 0 Å². The molecule has 0 amide bonds. The lowest BCUT2D eigenvalue weighted by molar-refractivity contribution is -0.436. The van der Waals surface area contributed by atoms with Crippen LogP contribution < -0.4 is 0 Å². The van der Waals surface area contributed by atoms with Crippen molar-refractivity contribution in [2.24, 2.45) is 0 Å². The van der Waals surface area contributed by atoms with Crippen LogP contribution in [0.15, 0.2) is 0 Å². The van der Waals surface area contributed by atoms with Gasteiger partial charge in [0.25, 0.3) is 0 Å². The summed E-state index contributed by atoms with van der Waals surface area (Å²) in [6.07, 6.45) is -17.8. The Hall–Kier alpha value is -0.330. The number of rotatable bonds is 5. The molecular weight excluding hydrogens is 415 g/mol. The Kier molecular flexibility index (Phi) is 6.90. The van der Waals surface area contributed by atoms with Crippen molar-refractivity contribution in [2.45, 2.75) is 60.4 Å². The summed E-state index contributed by atoms with van der Waals surface area (Å²) in [5, 5.41) is 90.1. The predicted molar refractivity (Wildman–Crippen MR) is 80.8 cm³/mol. The van der Waals surface area contributed by atoms with Gasteiger partial charge < -0.3 is 65.2 Å². The maximum Gasteiger partial charge on any atom is 0.469 e. The van der Waals surface area contributed by atoms with Gasteiger partial charge in [0.15, 0.2) is 6.10 Å². The number of hydrogen-bond acceptors (Lipinski definition) is 13. The zero-order valence-electron chi connectivity index (χ0n) is 14.0. The second-order valence-electron chi connectivity index (χ2n) is 6.59. The molecule has 5 unspecified atom stereocenters. The lowest BCUT2D eigenvalue weighted by Gasteiger charge is -2.52. The van der Waals surface area contributed by atoms with Gasteiger partial charge in [0.2, 0.25) is 11.6 Å². The molecule has 0 saturated carbocycles. The SMILES string of the molecule is O=P(O)(O)OC[C@H]1O[C@](O)(C(O)C2(O)OCC(O)C(O)C2O)[C@H](O)[C@@H](O)[C@@H]1O. The molecule has 2 fully saturated rings. The van der Waals surface area contributed by atoms with Crippen molar-refractivity contribution < 1.29 is 74.3 Å². The van der Waals surface area contributed by atoms with E-state index in [2.05, 4.69) is 4.52 Å². The van der Waals surface area contributed by atoms with Crippen molar-refractivity contribution in [3.05, 3.63) is 0 Å². The van der Waals surface area contributed by atoms with Crippen LogP contribution >= 0.6 is 7.82 Å². The van der Waals surface area contributed by atoms with Gasteiger partial charge in [0, 0.05) is 0 Å². The molecule has 2 aliphatic rings. The molecule has 166 valence electrons. The number of aliphatic hydroxyl groups excluding tert-OH is 7. The van der Waals surface area contributed by atoms with E-state index >= 15 is 0 Å². The summed E-state index contributed by atoms with van der Waals surface area (Å²) >= 11 is 0. The van der Waals surface area contributed by atoms with Crippen LogP contribution in [-0.4, -0.2) is 129 Å². The molecule has 0 spiro atoms. The van der Waals surface area contributed by atoms with Crippen LogP contribution in [0.2, 0.25) is 0 Å². The van der Waals surface area contributed by atoms with E-state index in [4.69, 9.17) is 19.3 Å². The van der Waals surface area contributed by atoms with Gasteiger partial charge in [-0.05, 0) is 0 Å². The summed E-state index contributed by atoms with van der Waals surface area (Å²) < 4.78 is 24.4. The Morgan fingerprint density at radius 2 is 1.50 bits per heavy atom. The number of ether oxygens (including phenoxy) is 2. The predicted octanol–water partition coefficient (Wildman–Crippen LogP) is -6.57. The first-order chi connectivity index (χ1) is 12.6. The molecule has 2 heterocycles. The fourth-order valence-corrected chi connectivity index (χ4v) is 3.30. The van der Waals surface area contributed by atoms with Crippen molar-refractivity contribution >= 4 is 7.82 Å². The second kappa shape index (κ2) is 8.07. The Morgan fingerprint density at radius 3 is 2.04 bits per heavy atom. The summed E-state index contributed by atoms with van der Waals surface area (Å²) in [7, 11) is -5.08. The summed E-state index contributed by atoms with van der Waals surface area (Å²) in [5.74, 6) is -6.62. The van der Waals surface area contributed by atoms with E-state index in [1.165, 1.54) is 0 Å². The highest BCUT2D eigenvalue weighted by Crippen LogP contribution is 2.41. The van der Waals surface area contributed by atoms with Gasteiger partial charge in [-0.15, -0.1) is 0 Å². The van der Waals surface area contributed by atoms with E-state index in [0.29, 0.717) is 0 Å². The highest BCUT2D eigenvalue weighted by atomic mass is 31.2. The minimum atomic E-state index is -5.08. The van der Waals surface area contributed by atoms with E-state index in [-0.39, 0.29) is 0 Å². The Bertz CT molecular complexity index is 600. The van der Waals surface area contributed by atoms with Crippen molar-refractivity contribution in [1.82, 2.24) is 0 Å². The first-order valence-corrected chi connectivity index (χ1v) is 9.41. The van der Waals surface area contributed by atoms with Crippen molar-refractivity contribution in [1.29, 1.82) is 0 Å². The molecule has 0 radical (unpaired) electrons. The van der Waals surface area contributed by atoms with Crippen molar-refractivity contribution in [3.8, 4) is 0 Å². The van der Waals surface area contributed by atoms with E-state index in [1.807, 2.05) is 0 Å². The molecule has 0 aromatic carbocycles. The molecule has 16 heteroatoms. The van der Waals surface area contributed by atoms with Gasteiger partial charge in [0.05, 0.1) is 13.2 Å². The number of hydrogen-bond donors (Lipinski definition) is 11. The largest absolute Gasteiger partial charge is 0.469 e. The van der Waals surface area contributed by atoms with Crippen LogP contribution in [0.5, 0.6) is 0 Å². The Labute approximate surface area is 156 Å². The summed E-state index contributed by atoms with van der Waals surface area (Å²) in [6.45, 7) is -1.96. The van der Waals surface area contributed by atoms with Crippen LogP contribution in [0.4, 0.5) is 0 Å². The van der Waals surface area contributed by atoms with Gasteiger partial charge >= 0.3 is 7.82 Å². The fraction of sp³-hybridized carbons (Fsp3) is 1.00. The summed E-state index contributed by atoms with van der Waals surface area (Å²) in [5.41, 5.74) is 0. The van der Waals surface area contributed by atoms with Gasteiger partial charge in [-0.1, -0.05) is 0 Å². The number of aliphatic hydroxyl groups is 9. The third kappa shape index (κ3) is 4.24. The number of phosphoric ester groups is 1. The minimum absolute atomic E-state index is 0.826. The van der Waals surface area contributed by atoms with Gasteiger partial charge in [-0.2, -0.15) is 0 Å². The van der Waals surface area contributed by atoms with Gasteiger partial charge in [-0.3, -0.25) is 4.52 Å². The molecule has 28 heavy (non-hydrogen) atoms. The molecule has 10 atom stereocenters. The standard InChI is InChI=1S/C12H23O15P/c13-3-1-25-11(20,8(17)5(3)14)10(19)12(21)9(18)7(16)6(15)4(27-12)2-26-28(22,23)24/h3-10,13-21H,1-2H2,(H2,22,23,24)/t3?,4-,5?,6-,7+,8?,9-,10?,11?,12+/m1/s1. The molecule has 0 aromatic heterocycles. The second-order valence-corrected chi connectivity index (χ2v) is 7.83. The van der Waals surface area contributed by atoms with E-state index in [0.717, 1.165) is 0 Å². The Morgan fingerprint density at radius 1 is 0.964 bits per heavy atom. The van der Waals surface area contributed by atoms with Crippen LogP contribution in [0.25, 0.3) is 0 Å². The molecule has 0 aliphatic carbocycles. The third-order valence-corrected chi connectivity index (χ3v) is 5.12. The summed E-state index contributed by atoms with van der Waals surface area (Å²) in [6, 6.07) is 0. The molecule has 0 aromatic rings. The maximum atomic E-state index is 10.8. The lowest BCUT2D eigenvalue weighted by atomic mass is 9.82. The highest BCUT2D eigenvalue weighted by molar-refractivity contribution is 7.46. The molecule has 2 rings (SSSR count). The van der Waals surface area contributed by atoms with E-state index < -0.39 is 81.4 Å². The van der Waals surface area contributed by atoms with Gasteiger partial charge in [-0.25, -0.2) is 4.57 Å². The van der Waals surface area contributed by atoms with Crippen molar-refractivity contribution in [2.75, 3.05) is 13.2 Å². The monoisotopic (exact) mass is 438 g/mol. The smallest absolute Gasteiger partial charge is 0.388 e. The molecule has 11 N–H and O–H groups in total. The zero-order chi connectivity index (χ0) is 21.7. The first-order valence-electron chi connectivity index (χ1n) is 7.88. The molecule has 2 aliphatic heterocycles. The Balaban J connectivity index is 2.31. The highest BCUT2D eigenvalue weighted by Gasteiger charge is 2.66. The molecular formula is C12H23O15P. The average Bonchev–Trinajstić information content (AvgIpc) is 2.62. The van der Waals surface area contributed by atoms with Crippen LogP contribution in [0, 0.1) is 0 Å². The molecule has 15 nitrogen and oxygen atoms in total. The minimum Gasteiger partial charge on any atom is -0.388 e. The lowest BCUT2D eigenvalue weighted by Crippen LogP contribution is -2.77. The quantitative estimate of drug-likeness (QED) is 0.178. The van der Waals surface area contributed by atoms with E-state index in [9.17, 15) is 50.5 Å². The first kappa shape index (κ1) is 23.9. The van der Waals surface area contributed by atoms with Gasteiger partial charge in [0.1, 0.15) is 42.7 Å². The van der Waals surface area contributed by atoms with E-state index in [1.54, 1.807) is 0 Å². The normalized spacial score (nSPS) is 49.0.